The first-order chi connectivity index (χ1) is 66.4. The normalized spacial score (nSPS) is 11.9. The van der Waals surface area contributed by atoms with Crippen molar-refractivity contribution in [1.29, 1.82) is 15.8 Å². The number of aromatic nitrogens is 12. The van der Waals surface area contributed by atoms with Gasteiger partial charge in [-0.2, -0.15) is 15.8 Å². The van der Waals surface area contributed by atoms with Crippen molar-refractivity contribution >= 4 is 217 Å². The molecule has 0 N–H and O–H groups in total. The lowest BCUT2D eigenvalue weighted by molar-refractivity contribution is 1.00. The van der Waals surface area contributed by atoms with Gasteiger partial charge in [-0.15, -0.1) is 0 Å². The summed E-state index contributed by atoms with van der Waals surface area (Å²) in [5.41, 5.74) is 19.9. The van der Waals surface area contributed by atoms with Gasteiger partial charge >= 0.3 is 0 Å². The molecule has 0 atom stereocenters. The molecule has 0 saturated carbocycles. The summed E-state index contributed by atoms with van der Waals surface area (Å²) in [6, 6.07) is 149. The van der Waals surface area contributed by atoms with E-state index in [9.17, 15) is 15.8 Å². The third kappa shape index (κ3) is 11.2. The molecule has 0 saturated heterocycles. The Morgan fingerprint density at radius 1 is 0.164 bits per heavy atom. The van der Waals surface area contributed by atoms with E-state index in [1.165, 1.54) is 87.0 Å². The van der Waals surface area contributed by atoms with Gasteiger partial charge in [0.2, 0.25) is 17.8 Å². The maximum absolute atomic E-state index is 9.97. The molecule has 15 heteroatoms. The van der Waals surface area contributed by atoms with Crippen molar-refractivity contribution in [1.82, 2.24) is 57.3 Å². The number of benzene rings is 20. The number of para-hydroxylation sites is 10. The van der Waals surface area contributed by atoms with Crippen molar-refractivity contribution in [2.45, 2.75) is 0 Å². The molecule has 0 bridgehead atoms. The first kappa shape index (κ1) is 75.2. The highest BCUT2D eigenvalue weighted by atomic mass is 15.2. The highest BCUT2D eigenvalue weighted by Gasteiger charge is 2.26. The molecule has 0 amide bonds. The molecule has 29 aromatic rings. The molecule has 9 heterocycles. The molecular formula is C119H67N15. The second-order valence-electron chi connectivity index (χ2n) is 34.1. The molecule has 0 fully saturated rings. The van der Waals surface area contributed by atoms with Gasteiger partial charge in [0.05, 0.1) is 82.8 Å². The standard InChI is InChI=1S/2C41H23N5.C37H21N5/c42-24-35-32-12-3-6-14-34(32)43-41(44-35)46-37-16-8-5-13-33(37)39-28-21-19-27(23-26(28)18-22-38(39)46)45-36-15-7-4-11-30(36)31-20-17-25-9-1-2-10-29(25)40(31)45;42-24-34-30-11-3-6-14-33(30)43-41(44-34)46-36-16-8-5-13-32(36)40-29-20-19-27(23-26(29)18-22-38(40)46)45-35-15-7-4-12-31(35)39-28-10-2-1-9-25(28)17-21-37(39)45;38-22-31-28-11-1-5-13-30(28)39-37(40-31)42-34-16-8-4-12-29(34)36-25-19-18-24(21-23(25)17-20-35(36)42)41-32-14-6-2-9-26(32)27-10-3-7-15-33(27)41/h2*1-23H;1-21H. The van der Waals surface area contributed by atoms with E-state index in [0.29, 0.717) is 34.9 Å². The van der Waals surface area contributed by atoms with E-state index in [2.05, 4.69) is 361 Å². The Morgan fingerprint density at radius 3 is 0.776 bits per heavy atom. The highest BCUT2D eigenvalue weighted by Crippen LogP contribution is 2.46. The van der Waals surface area contributed by atoms with Crippen molar-refractivity contribution in [2.75, 3.05) is 0 Å². The van der Waals surface area contributed by atoms with Crippen LogP contribution in [0.3, 0.4) is 0 Å². The van der Waals surface area contributed by atoms with Gasteiger partial charge in [0.25, 0.3) is 0 Å². The van der Waals surface area contributed by atoms with E-state index >= 15 is 0 Å². The fraction of sp³-hybridized carbons (Fsp3) is 0. The van der Waals surface area contributed by atoms with Gasteiger partial charge in [0.1, 0.15) is 18.2 Å². The number of nitrogens with zero attached hydrogens (tertiary/aromatic N) is 15. The van der Waals surface area contributed by atoms with E-state index in [4.69, 9.17) is 29.9 Å². The van der Waals surface area contributed by atoms with Crippen LogP contribution in [-0.4, -0.2) is 57.3 Å². The zero-order chi connectivity index (χ0) is 88.5. The van der Waals surface area contributed by atoms with Gasteiger partial charge in [-0.25, -0.2) is 29.9 Å². The lowest BCUT2D eigenvalue weighted by Gasteiger charge is -2.12. The second kappa shape index (κ2) is 29.5. The Hall–Kier alpha value is -19.0. The van der Waals surface area contributed by atoms with Gasteiger partial charge in [0, 0.05) is 103 Å². The first-order valence-corrected chi connectivity index (χ1v) is 44.6. The van der Waals surface area contributed by atoms with E-state index < -0.39 is 0 Å². The summed E-state index contributed by atoms with van der Waals surface area (Å²) in [5.74, 6) is 1.49. The number of rotatable bonds is 6. The van der Waals surface area contributed by atoms with Gasteiger partial charge in [-0.05, 0) is 188 Å². The molecule has 0 spiro atoms. The van der Waals surface area contributed by atoms with Gasteiger partial charge < -0.3 is 13.7 Å². The van der Waals surface area contributed by atoms with Crippen molar-refractivity contribution < 1.29 is 0 Å². The number of fused-ring (bicyclic) bond motifs is 31. The molecular weight excluding hydrogens is 1640 g/mol. The highest BCUT2D eigenvalue weighted by molar-refractivity contribution is 6.27. The fourth-order valence-electron chi connectivity index (χ4n) is 21.4. The molecule has 0 aliphatic carbocycles. The summed E-state index contributed by atoms with van der Waals surface area (Å²) in [7, 11) is 0. The number of hydrogen-bond acceptors (Lipinski definition) is 9. The van der Waals surface area contributed by atoms with Crippen molar-refractivity contribution in [2.24, 2.45) is 0 Å². The zero-order valence-corrected chi connectivity index (χ0v) is 71.4. The summed E-state index contributed by atoms with van der Waals surface area (Å²) in [6.45, 7) is 0. The van der Waals surface area contributed by atoms with Crippen molar-refractivity contribution in [3.05, 3.63) is 424 Å². The Balaban J connectivity index is 0.000000102. The third-order valence-electron chi connectivity index (χ3n) is 27.1. The molecule has 15 nitrogen and oxygen atoms in total. The van der Waals surface area contributed by atoms with Crippen LogP contribution in [0.2, 0.25) is 0 Å². The maximum atomic E-state index is 9.97. The van der Waals surface area contributed by atoms with Crippen LogP contribution >= 0.6 is 0 Å². The summed E-state index contributed by atoms with van der Waals surface area (Å²) < 4.78 is 13.4. The molecule has 29 rings (SSSR count). The summed E-state index contributed by atoms with van der Waals surface area (Å²) >= 11 is 0. The lowest BCUT2D eigenvalue weighted by atomic mass is 10.0. The van der Waals surface area contributed by atoms with Crippen molar-refractivity contribution in [3.63, 3.8) is 0 Å². The minimum absolute atomic E-state index is 0.371. The van der Waals surface area contributed by atoms with Gasteiger partial charge in [-0.1, -0.05) is 267 Å². The predicted octanol–water partition coefficient (Wildman–Crippen LogP) is 28.9. The largest absolute Gasteiger partial charge is 0.309 e. The fourth-order valence-corrected chi connectivity index (χ4v) is 21.4. The summed E-state index contributed by atoms with van der Waals surface area (Å²) in [5, 5.41) is 58.3. The maximum Gasteiger partial charge on any atom is 0.236 e. The zero-order valence-electron chi connectivity index (χ0n) is 71.4. The monoisotopic (exact) mass is 1710 g/mol. The summed E-state index contributed by atoms with van der Waals surface area (Å²) in [4.78, 5) is 29.0. The van der Waals surface area contributed by atoms with Crippen LogP contribution in [0.15, 0.2) is 406 Å². The molecule has 0 aliphatic rings. The van der Waals surface area contributed by atoms with Crippen LogP contribution in [0.5, 0.6) is 0 Å². The molecule has 618 valence electrons. The van der Waals surface area contributed by atoms with Crippen LogP contribution in [0.25, 0.3) is 252 Å². The van der Waals surface area contributed by atoms with E-state index in [1.54, 1.807) is 0 Å². The first-order valence-electron chi connectivity index (χ1n) is 44.6. The molecule has 0 radical (unpaired) electrons. The Kier molecular flexibility index (Phi) is 16.6. The number of nitriles is 3. The van der Waals surface area contributed by atoms with Crippen LogP contribution < -0.4 is 0 Å². The Bertz CT molecular complexity index is 10300. The van der Waals surface area contributed by atoms with E-state index in [0.717, 1.165) is 148 Å². The summed E-state index contributed by atoms with van der Waals surface area (Å²) in [6.07, 6.45) is 0. The molecule has 20 aromatic carbocycles. The quantitative estimate of drug-likeness (QED) is 0.157. The average Bonchev–Trinajstić information content (AvgIpc) is 1.57. The van der Waals surface area contributed by atoms with Gasteiger partial charge in [-0.3, -0.25) is 13.7 Å². The lowest BCUT2D eigenvalue weighted by Crippen LogP contribution is -2.03. The molecule has 0 aliphatic heterocycles. The molecule has 134 heavy (non-hydrogen) atoms. The van der Waals surface area contributed by atoms with E-state index in [1.807, 2.05) is 91.0 Å². The predicted molar refractivity (Wildman–Crippen MR) is 546 cm³/mol. The van der Waals surface area contributed by atoms with Crippen LogP contribution in [0.4, 0.5) is 0 Å². The van der Waals surface area contributed by atoms with Crippen molar-refractivity contribution in [3.8, 4) is 53.1 Å². The third-order valence-corrected chi connectivity index (χ3v) is 27.1. The van der Waals surface area contributed by atoms with Crippen LogP contribution in [0.1, 0.15) is 17.1 Å². The minimum atomic E-state index is 0.371. The number of hydrogen-bond donors (Lipinski definition) is 0. The Labute approximate surface area is 762 Å². The second-order valence-corrected chi connectivity index (χ2v) is 34.1. The smallest absolute Gasteiger partial charge is 0.236 e. The molecule has 9 aromatic heterocycles. The molecule has 0 unspecified atom stereocenters. The minimum Gasteiger partial charge on any atom is -0.309 e. The topological polar surface area (TPSA) is 178 Å². The van der Waals surface area contributed by atoms with E-state index in [-0.39, 0.29) is 0 Å². The SMILES string of the molecule is N#Cc1nc(-n2c3ccccc3c3c4ccc(-n5c6ccccc6c6c7ccccc7ccc65)cc4ccc32)nc2ccccc12.N#Cc1nc(-n2c3ccccc3c3c4ccc(-n5c6ccccc6c6ccc7ccccc7c65)cc4ccc32)nc2ccccc12.N#Cc1nc(-n2c3ccccc3c3c4ccc(-n5c6ccccc6c6ccccc65)cc4ccc32)nc2ccccc12. The average molecular weight is 1710 g/mol. The van der Waals surface area contributed by atoms with Gasteiger partial charge in [0.15, 0.2) is 17.1 Å². The van der Waals surface area contributed by atoms with Crippen LogP contribution in [0, 0.1) is 34.0 Å². The Morgan fingerprint density at radius 2 is 0.403 bits per heavy atom. The van der Waals surface area contributed by atoms with Crippen LogP contribution in [-0.2, 0) is 0 Å².